The molecule has 2 nitrogen and oxygen atoms in total. The first kappa shape index (κ1) is 5.79. The van der Waals surface area contributed by atoms with E-state index in [4.69, 9.17) is 5.73 Å². The summed E-state index contributed by atoms with van der Waals surface area (Å²) in [5.74, 6) is 0.440. The molecule has 2 unspecified atom stereocenters. The third-order valence-corrected chi connectivity index (χ3v) is 1.53. The van der Waals surface area contributed by atoms with Crippen LogP contribution >= 0.6 is 0 Å². The van der Waals surface area contributed by atoms with Crippen LogP contribution in [-0.2, 0) is 0 Å². The van der Waals surface area contributed by atoms with E-state index in [1.807, 2.05) is 6.08 Å². The van der Waals surface area contributed by atoms with Crippen molar-refractivity contribution in [3.63, 3.8) is 0 Å². The molecule has 1 rings (SSSR count). The standard InChI is InChI=1S/C6H11N2/c1-2-5-3-8-4-6(5)7/h2,5-6H,1,3-4,7H2. The Labute approximate surface area is 49.8 Å². The highest BCUT2D eigenvalue weighted by Crippen LogP contribution is 2.07. The molecule has 1 radical (unpaired) electrons. The lowest BCUT2D eigenvalue weighted by Crippen LogP contribution is -2.27. The lowest BCUT2D eigenvalue weighted by molar-refractivity contribution is 0.624. The van der Waals surface area contributed by atoms with Gasteiger partial charge in [0.25, 0.3) is 0 Å². The number of hydrogen-bond acceptors (Lipinski definition) is 1. The normalized spacial score (nSPS) is 37.6. The summed E-state index contributed by atoms with van der Waals surface area (Å²) < 4.78 is 0. The van der Waals surface area contributed by atoms with E-state index in [1.165, 1.54) is 0 Å². The molecule has 1 aliphatic heterocycles. The molecular formula is C6H11N2. The molecule has 45 valence electrons. The molecule has 1 heterocycles. The summed E-state index contributed by atoms with van der Waals surface area (Å²) in [6, 6.07) is 0.243. The molecule has 2 N–H and O–H groups in total. The van der Waals surface area contributed by atoms with Crippen LogP contribution in [0.4, 0.5) is 0 Å². The smallest absolute Gasteiger partial charge is 0.0291 e. The van der Waals surface area contributed by atoms with Gasteiger partial charge < -0.3 is 5.73 Å². The fraction of sp³-hybridized carbons (Fsp3) is 0.667. The van der Waals surface area contributed by atoms with Crippen molar-refractivity contribution < 1.29 is 0 Å². The number of nitrogens with zero attached hydrogens (tertiary/aromatic N) is 1. The zero-order chi connectivity index (χ0) is 5.98. The molecule has 0 spiro atoms. The van der Waals surface area contributed by atoms with Gasteiger partial charge in [0.2, 0.25) is 0 Å². The Morgan fingerprint density at radius 3 is 2.62 bits per heavy atom. The van der Waals surface area contributed by atoms with Crippen molar-refractivity contribution in [3.8, 4) is 0 Å². The van der Waals surface area contributed by atoms with Crippen LogP contribution in [0.1, 0.15) is 0 Å². The highest BCUT2D eigenvalue weighted by molar-refractivity contribution is 4.93. The minimum atomic E-state index is 0.243. The van der Waals surface area contributed by atoms with E-state index in [0.717, 1.165) is 13.1 Å². The fourth-order valence-corrected chi connectivity index (χ4v) is 0.893. The fourth-order valence-electron chi connectivity index (χ4n) is 0.893. The van der Waals surface area contributed by atoms with Crippen molar-refractivity contribution in [1.29, 1.82) is 0 Å². The summed E-state index contributed by atoms with van der Waals surface area (Å²) in [6.07, 6.45) is 1.89. The monoisotopic (exact) mass is 111 g/mol. The van der Waals surface area contributed by atoms with E-state index < -0.39 is 0 Å². The van der Waals surface area contributed by atoms with Crippen molar-refractivity contribution >= 4 is 0 Å². The Balaban J connectivity index is 2.41. The Morgan fingerprint density at radius 1 is 1.62 bits per heavy atom. The molecule has 0 aromatic rings. The van der Waals surface area contributed by atoms with Crippen LogP contribution in [-0.4, -0.2) is 19.1 Å². The van der Waals surface area contributed by atoms with E-state index in [2.05, 4.69) is 11.9 Å². The van der Waals surface area contributed by atoms with Crippen LogP contribution in [0.15, 0.2) is 12.7 Å². The molecule has 0 aliphatic carbocycles. The summed E-state index contributed by atoms with van der Waals surface area (Å²) in [5.41, 5.74) is 5.62. The van der Waals surface area contributed by atoms with Gasteiger partial charge in [-0.25, -0.2) is 5.32 Å². The summed E-state index contributed by atoms with van der Waals surface area (Å²) in [7, 11) is 0. The number of hydrogen-bond donors (Lipinski definition) is 1. The van der Waals surface area contributed by atoms with E-state index in [1.54, 1.807) is 0 Å². The van der Waals surface area contributed by atoms with Gasteiger partial charge in [-0.15, -0.1) is 6.58 Å². The van der Waals surface area contributed by atoms with E-state index in [-0.39, 0.29) is 6.04 Å². The molecular weight excluding hydrogens is 100 g/mol. The van der Waals surface area contributed by atoms with Crippen molar-refractivity contribution in [2.24, 2.45) is 11.7 Å². The maximum Gasteiger partial charge on any atom is 0.0291 e. The van der Waals surface area contributed by atoms with Gasteiger partial charge in [0, 0.05) is 25.0 Å². The second kappa shape index (κ2) is 2.29. The molecule has 0 amide bonds. The van der Waals surface area contributed by atoms with Crippen LogP contribution in [0, 0.1) is 5.92 Å². The summed E-state index contributed by atoms with van der Waals surface area (Å²) in [6.45, 7) is 5.35. The average molecular weight is 111 g/mol. The van der Waals surface area contributed by atoms with E-state index in [0.29, 0.717) is 5.92 Å². The first-order valence-electron chi connectivity index (χ1n) is 2.86. The molecule has 2 atom stereocenters. The molecule has 1 fully saturated rings. The molecule has 2 heteroatoms. The van der Waals surface area contributed by atoms with E-state index >= 15 is 0 Å². The largest absolute Gasteiger partial charge is 0.326 e. The zero-order valence-electron chi connectivity index (χ0n) is 4.88. The van der Waals surface area contributed by atoms with Crippen LogP contribution < -0.4 is 11.1 Å². The molecule has 8 heavy (non-hydrogen) atoms. The SMILES string of the molecule is C=CC1C[N]CC1N. The molecule has 0 saturated carbocycles. The highest BCUT2D eigenvalue weighted by atomic mass is 15.0. The predicted molar refractivity (Wildman–Crippen MR) is 33.5 cm³/mol. The third-order valence-electron chi connectivity index (χ3n) is 1.53. The van der Waals surface area contributed by atoms with Gasteiger partial charge in [-0.1, -0.05) is 6.08 Å². The van der Waals surface area contributed by atoms with Gasteiger partial charge in [-0.05, 0) is 0 Å². The minimum Gasteiger partial charge on any atom is -0.326 e. The molecule has 0 aromatic carbocycles. The van der Waals surface area contributed by atoms with Crippen LogP contribution in [0.3, 0.4) is 0 Å². The topological polar surface area (TPSA) is 40.1 Å². The summed E-state index contributed by atoms with van der Waals surface area (Å²) in [4.78, 5) is 0. The third kappa shape index (κ3) is 0.904. The second-order valence-electron chi connectivity index (χ2n) is 2.15. The number of nitrogens with two attached hydrogens (primary N) is 1. The van der Waals surface area contributed by atoms with Gasteiger partial charge in [-0.3, -0.25) is 0 Å². The summed E-state index contributed by atoms with van der Waals surface area (Å²) in [5, 5.41) is 4.12. The summed E-state index contributed by atoms with van der Waals surface area (Å²) >= 11 is 0. The van der Waals surface area contributed by atoms with Crippen LogP contribution in [0.2, 0.25) is 0 Å². The predicted octanol–water partition coefficient (Wildman–Crippen LogP) is -0.266. The van der Waals surface area contributed by atoms with Gasteiger partial charge in [-0.2, -0.15) is 0 Å². The van der Waals surface area contributed by atoms with Crippen LogP contribution in [0.25, 0.3) is 0 Å². The molecule has 1 aliphatic rings. The first-order valence-corrected chi connectivity index (χ1v) is 2.86. The van der Waals surface area contributed by atoms with Gasteiger partial charge in [0.15, 0.2) is 0 Å². The average Bonchev–Trinajstić information content (AvgIpc) is 2.14. The lowest BCUT2D eigenvalue weighted by atomic mass is 10.1. The molecule has 1 saturated heterocycles. The van der Waals surface area contributed by atoms with E-state index in [9.17, 15) is 0 Å². The Morgan fingerprint density at radius 2 is 2.38 bits per heavy atom. The second-order valence-corrected chi connectivity index (χ2v) is 2.15. The minimum absolute atomic E-state index is 0.243. The van der Waals surface area contributed by atoms with Crippen LogP contribution in [0.5, 0.6) is 0 Å². The van der Waals surface area contributed by atoms with Gasteiger partial charge >= 0.3 is 0 Å². The van der Waals surface area contributed by atoms with Crippen molar-refractivity contribution in [3.05, 3.63) is 12.7 Å². The van der Waals surface area contributed by atoms with Crippen molar-refractivity contribution in [2.75, 3.05) is 13.1 Å². The number of rotatable bonds is 1. The Bertz CT molecular complexity index is 90.5. The van der Waals surface area contributed by atoms with Gasteiger partial charge in [0.1, 0.15) is 0 Å². The maximum absolute atomic E-state index is 5.62. The molecule has 0 bridgehead atoms. The highest BCUT2D eigenvalue weighted by Gasteiger charge is 2.20. The Hall–Kier alpha value is -0.340. The van der Waals surface area contributed by atoms with Crippen molar-refractivity contribution in [2.45, 2.75) is 6.04 Å². The first-order chi connectivity index (χ1) is 3.84. The quantitative estimate of drug-likeness (QED) is 0.465. The van der Waals surface area contributed by atoms with Gasteiger partial charge in [0.05, 0.1) is 0 Å². The van der Waals surface area contributed by atoms with Crippen molar-refractivity contribution in [1.82, 2.24) is 5.32 Å². The molecule has 0 aromatic heterocycles. The Kier molecular flexibility index (Phi) is 1.65. The maximum atomic E-state index is 5.62. The zero-order valence-corrected chi connectivity index (χ0v) is 4.88. The lowest BCUT2D eigenvalue weighted by Gasteiger charge is -2.05.